The van der Waals surface area contributed by atoms with Crippen LogP contribution in [-0.4, -0.2) is 16.5 Å². The monoisotopic (exact) mass is 286 g/mol. The summed E-state index contributed by atoms with van der Waals surface area (Å²) >= 11 is 0. The van der Waals surface area contributed by atoms with Crippen molar-refractivity contribution in [1.29, 1.82) is 0 Å². The van der Waals surface area contributed by atoms with Crippen LogP contribution in [0.4, 0.5) is 11.8 Å². The minimum Gasteiger partial charge on any atom is -0.439 e. The van der Waals surface area contributed by atoms with Crippen LogP contribution in [0.25, 0.3) is 0 Å². The number of nitrogens with one attached hydrogen (secondary N) is 1. The molecule has 1 aromatic heterocycles. The van der Waals surface area contributed by atoms with Crippen molar-refractivity contribution >= 4 is 11.8 Å². The molecule has 0 aliphatic heterocycles. The highest BCUT2D eigenvalue weighted by molar-refractivity contribution is 5.44. The number of hydrogen-bond acceptors (Lipinski definition) is 5. The van der Waals surface area contributed by atoms with Gasteiger partial charge in [-0.2, -0.15) is 9.97 Å². The maximum Gasteiger partial charge on any atom is 0.226 e. The Morgan fingerprint density at radius 2 is 1.90 bits per heavy atom. The third kappa shape index (κ3) is 4.34. The van der Waals surface area contributed by atoms with Crippen molar-refractivity contribution in [3.05, 3.63) is 35.9 Å². The van der Waals surface area contributed by atoms with Crippen LogP contribution < -0.4 is 15.8 Å². The van der Waals surface area contributed by atoms with Crippen molar-refractivity contribution in [2.24, 2.45) is 0 Å². The molecule has 0 saturated heterocycles. The van der Waals surface area contributed by atoms with Crippen molar-refractivity contribution in [2.75, 3.05) is 17.6 Å². The fraction of sp³-hybridized carbons (Fsp3) is 0.375. The van der Waals surface area contributed by atoms with Crippen LogP contribution in [0, 0.1) is 0 Å². The van der Waals surface area contributed by atoms with Gasteiger partial charge in [-0.1, -0.05) is 32.9 Å². The molecular formula is C16H22N4O. The topological polar surface area (TPSA) is 73.1 Å². The van der Waals surface area contributed by atoms with Crippen LogP contribution in [-0.2, 0) is 0 Å². The lowest BCUT2D eigenvalue weighted by Gasteiger charge is -2.10. The number of ether oxygens (including phenoxy) is 1. The molecule has 0 fully saturated rings. The summed E-state index contributed by atoms with van der Waals surface area (Å²) in [6.07, 6.45) is 1.01. The molecule has 0 aliphatic carbocycles. The van der Waals surface area contributed by atoms with Crippen molar-refractivity contribution in [3.8, 4) is 11.6 Å². The molecule has 0 spiro atoms. The van der Waals surface area contributed by atoms with Crippen molar-refractivity contribution in [2.45, 2.75) is 33.1 Å². The van der Waals surface area contributed by atoms with E-state index < -0.39 is 0 Å². The number of hydrogen-bond donors (Lipinski definition) is 2. The Morgan fingerprint density at radius 3 is 2.52 bits per heavy atom. The van der Waals surface area contributed by atoms with Crippen LogP contribution in [0.3, 0.4) is 0 Å². The lowest BCUT2D eigenvalue weighted by Crippen LogP contribution is -2.05. The van der Waals surface area contributed by atoms with Gasteiger partial charge in [-0.25, -0.2) is 0 Å². The average Bonchev–Trinajstić information content (AvgIpc) is 2.45. The maximum atomic E-state index is 5.74. The predicted molar refractivity (Wildman–Crippen MR) is 85.8 cm³/mol. The van der Waals surface area contributed by atoms with Gasteiger partial charge in [-0.05, 0) is 30.0 Å². The number of benzene rings is 1. The number of nitrogen functional groups attached to an aromatic ring is 1. The number of nitrogens with two attached hydrogens (primary N) is 1. The molecule has 5 heteroatoms. The highest BCUT2D eigenvalue weighted by atomic mass is 16.5. The third-order valence-corrected chi connectivity index (χ3v) is 3.05. The third-order valence-electron chi connectivity index (χ3n) is 3.05. The van der Waals surface area contributed by atoms with Gasteiger partial charge in [0.15, 0.2) is 0 Å². The summed E-state index contributed by atoms with van der Waals surface area (Å²) in [6.45, 7) is 7.24. The smallest absolute Gasteiger partial charge is 0.226 e. The second-order valence-corrected chi connectivity index (χ2v) is 5.20. The van der Waals surface area contributed by atoms with E-state index in [9.17, 15) is 0 Å². The van der Waals surface area contributed by atoms with E-state index in [1.807, 2.05) is 12.1 Å². The normalized spacial score (nSPS) is 10.7. The van der Waals surface area contributed by atoms with E-state index in [1.54, 1.807) is 6.07 Å². The summed E-state index contributed by atoms with van der Waals surface area (Å²) in [6, 6.07) is 9.74. The first kappa shape index (κ1) is 15.1. The molecule has 2 rings (SSSR count). The fourth-order valence-electron chi connectivity index (χ4n) is 1.88. The summed E-state index contributed by atoms with van der Waals surface area (Å²) in [7, 11) is 0. The number of aromatic nitrogens is 2. The molecule has 0 amide bonds. The summed E-state index contributed by atoms with van der Waals surface area (Å²) in [5, 5.41) is 3.17. The summed E-state index contributed by atoms with van der Waals surface area (Å²) in [5.74, 6) is 2.55. The lowest BCUT2D eigenvalue weighted by molar-refractivity contribution is 0.462. The van der Waals surface area contributed by atoms with Crippen LogP contribution in [0.2, 0.25) is 0 Å². The predicted octanol–water partition coefficient (Wildman–Crippen LogP) is 3.80. The standard InChI is InChI=1S/C16H22N4O/c1-4-9-18-14-10-15(20-16(17)19-14)21-13-7-5-12(6-8-13)11(2)3/h5-8,10-11H,4,9H2,1-3H3,(H3,17,18,19,20). The molecule has 0 unspecified atom stereocenters. The first-order valence-electron chi connectivity index (χ1n) is 7.24. The fourth-order valence-corrected chi connectivity index (χ4v) is 1.88. The van der Waals surface area contributed by atoms with Gasteiger partial charge in [-0.15, -0.1) is 0 Å². The average molecular weight is 286 g/mol. The van der Waals surface area contributed by atoms with Crippen LogP contribution in [0.5, 0.6) is 11.6 Å². The van der Waals surface area contributed by atoms with Gasteiger partial charge in [0.1, 0.15) is 11.6 Å². The largest absolute Gasteiger partial charge is 0.439 e. The molecule has 112 valence electrons. The van der Waals surface area contributed by atoms with E-state index in [1.165, 1.54) is 5.56 Å². The van der Waals surface area contributed by atoms with Gasteiger partial charge in [0.05, 0.1) is 0 Å². The minimum atomic E-state index is 0.199. The zero-order valence-corrected chi connectivity index (χ0v) is 12.8. The quantitative estimate of drug-likeness (QED) is 0.845. The molecule has 1 aromatic carbocycles. The highest BCUT2D eigenvalue weighted by Gasteiger charge is 2.05. The van der Waals surface area contributed by atoms with E-state index >= 15 is 0 Å². The zero-order valence-electron chi connectivity index (χ0n) is 12.8. The van der Waals surface area contributed by atoms with Gasteiger partial charge in [0.25, 0.3) is 0 Å². The van der Waals surface area contributed by atoms with Crippen LogP contribution >= 0.6 is 0 Å². The first-order chi connectivity index (χ1) is 10.1. The number of anilines is 2. The van der Waals surface area contributed by atoms with Crippen LogP contribution in [0.15, 0.2) is 30.3 Å². The minimum absolute atomic E-state index is 0.199. The molecule has 0 atom stereocenters. The SMILES string of the molecule is CCCNc1cc(Oc2ccc(C(C)C)cc2)nc(N)n1. The molecule has 0 saturated carbocycles. The Morgan fingerprint density at radius 1 is 1.19 bits per heavy atom. The molecule has 0 aliphatic rings. The van der Waals surface area contributed by atoms with Crippen molar-refractivity contribution in [1.82, 2.24) is 9.97 Å². The van der Waals surface area contributed by atoms with Gasteiger partial charge in [-0.3, -0.25) is 0 Å². The number of rotatable bonds is 6. The lowest BCUT2D eigenvalue weighted by atomic mass is 10.0. The Bertz CT molecular complexity index is 581. The van der Waals surface area contributed by atoms with Gasteiger partial charge in [0, 0.05) is 12.6 Å². The van der Waals surface area contributed by atoms with Gasteiger partial charge >= 0.3 is 0 Å². The summed E-state index contributed by atoms with van der Waals surface area (Å²) < 4.78 is 5.74. The Hall–Kier alpha value is -2.30. The summed E-state index contributed by atoms with van der Waals surface area (Å²) in [5.41, 5.74) is 6.98. The summed E-state index contributed by atoms with van der Waals surface area (Å²) in [4.78, 5) is 8.23. The van der Waals surface area contributed by atoms with Gasteiger partial charge in [0.2, 0.25) is 11.8 Å². The highest BCUT2D eigenvalue weighted by Crippen LogP contribution is 2.24. The maximum absolute atomic E-state index is 5.74. The van der Waals surface area contributed by atoms with E-state index in [0.717, 1.165) is 18.7 Å². The first-order valence-corrected chi connectivity index (χ1v) is 7.24. The van der Waals surface area contributed by atoms with E-state index in [0.29, 0.717) is 17.6 Å². The van der Waals surface area contributed by atoms with E-state index in [4.69, 9.17) is 10.5 Å². The Kier molecular flexibility index (Phi) is 4.98. The molecule has 0 radical (unpaired) electrons. The Balaban J connectivity index is 2.12. The zero-order chi connectivity index (χ0) is 15.2. The van der Waals surface area contributed by atoms with Crippen molar-refractivity contribution < 1.29 is 4.74 Å². The van der Waals surface area contributed by atoms with E-state index in [2.05, 4.69) is 48.2 Å². The number of nitrogens with zero attached hydrogens (tertiary/aromatic N) is 2. The Labute approximate surface area is 125 Å². The van der Waals surface area contributed by atoms with Crippen molar-refractivity contribution in [3.63, 3.8) is 0 Å². The second kappa shape index (κ2) is 6.92. The second-order valence-electron chi connectivity index (χ2n) is 5.20. The van der Waals surface area contributed by atoms with Crippen LogP contribution in [0.1, 0.15) is 38.7 Å². The molecule has 2 aromatic rings. The molecule has 5 nitrogen and oxygen atoms in total. The molecular weight excluding hydrogens is 264 g/mol. The molecule has 3 N–H and O–H groups in total. The van der Waals surface area contributed by atoms with Gasteiger partial charge < -0.3 is 15.8 Å². The molecule has 1 heterocycles. The molecule has 21 heavy (non-hydrogen) atoms. The molecule has 0 bridgehead atoms. The van der Waals surface area contributed by atoms with E-state index in [-0.39, 0.29) is 5.95 Å².